The molecule has 1 aliphatic carbocycles. The Kier molecular flexibility index (Phi) is 2.66. The van der Waals surface area contributed by atoms with Gasteiger partial charge in [-0.1, -0.05) is 0 Å². The lowest BCUT2D eigenvalue weighted by molar-refractivity contribution is -0.174. The Bertz CT molecular complexity index is 431. The van der Waals surface area contributed by atoms with E-state index < -0.39 is 29.2 Å². The van der Waals surface area contributed by atoms with Gasteiger partial charge in [-0.2, -0.15) is 0 Å². The maximum atomic E-state index is 12.1. The molecule has 6 heteroatoms. The van der Waals surface area contributed by atoms with Crippen LogP contribution in [0.5, 0.6) is 0 Å². The van der Waals surface area contributed by atoms with Gasteiger partial charge in [0, 0.05) is 12.8 Å². The smallest absolute Gasteiger partial charge is 0.324 e. The van der Waals surface area contributed by atoms with Crippen molar-refractivity contribution < 1.29 is 28.5 Å². The molecule has 0 radical (unpaired) electrons. The highest BCUT2D eigenvalue weighted by atomic mass is 16.8. The van der Waals surface area contributed by atoms with E-state index in [4.69, 9.17) is 18.9 Å². The first kappa shape index (κ1) is 12.9. The lowest BCUT2D eigenvalue weighted by Gasteiger charge is -2.31. The predicted octanol–water partition coefficient (Wildman–Crippen LogP) is 0.775. The van der Waals surface area contributed by atoms with Gasteiger partial charge in [0.2, 0.25) is 0 Å². The van der Waals surface area contributed by atoms with Gasteiger partial charge in [-0.3, -0.25) is 9.59 Å². The molecule has 2 aliphatic heterocycles. The normalized spacial score (nSPS) is 42.7. The van der Waals surface area contributed by atoms with E-state index in [0.717, 1.165) is 0 Å². The van der Waals surface area contributed by atoms with Gasteiger partial charge in [-0.25, -0.2) is 0 Å². The minimum Gasteiger partial charge on any atom is -0.465 e. The second-order valence-electron chi connectivity index (χ2n) is 5.79. The van der Waals surface area contributed by atoms with Gasteiger partial charge in [0.05, 0.1) is 12.7 Å². The molecule has 2 saturated heterocycles. The summed E-state index contributed by atoms with van der Waals surface area (Å²) in [6.07, 6.45) is -0.411. The molecule has 0 aromatic heterocycles. The average molecular weight is 270 g/mol. The molecule has 3 aliphatic rings. The minimum atomic E-state index is -1.20. The van der Waals surface area contributed by atoms with Crippen molar-refractivity contribution in [3.63, 3.8) is 0 Å². The van der Waals surface area contributed by atoms with Crippen LogP contribution in [0.3, 0.4) is 0 Å². The first-order valence-electron chi connectivity index (χ1n) is 6.62. The average Bonchev–Trinajstić information content (AvgIpc) is 2.76. The fraction of sp³-hybridized carbons (Fsp3) is 0.846. The van der Waals surface area contributed by atoms with E-state index in [1.165, 1.54) is 0 Å². The van der Waals surface area contributed by atoms with Crippen LogP contribution in [0.25, 0.3) is 0 Å². The summed E-state index contributed by atoms with van der Waals surface area (Å²) >= 11 is 0. The van der Waals surface area contributed by atoms with Crippen molar-refractivity contribution in [1.29, 1.82) is 0 Å². The quantitative estimate of drug-likeness (QED) is 0.545. The van der Waals surface area contributed by atoms with Gasteiger partial charge in [0.15, 0.2) is 11.2 Å². The molecule has 6 nitrogen and oxygen atoms in total. The maximum Gasteiger partial charge on any atom is 0.324 e. The zero-order valence-corrected chi connectivity index (χ0v) is 11.3. The van der Waals surface area contributed by atoms with Crippen LogP contribution in [-0.4, -0.2) is 42.6 Å². The number of esters is 2. The third kappa shape index (κ3) is 1.77. The fourth-order valence-electron chi connectivity index (χ4n) is 3.27. The Balaban J connectivity index is 1.88. The van der Waals surface area contributed by atoms with Crippen molar-refractivity contribution in [1.82, 2.24) is 0 Å². The molecule has 19 heavy (non-hydrogen) atoms. The summed E-state index contributed by atoms with van der Waals surface area (Å²) in [5.41, 5.74) is -1.20. The van der Waals surface area contributed by atoms with Crippen molar-refractivity contribution in [2.75, 3.05) is 6.61 Å². The third-order valence-electron chi connectivity index (χ3n) is 4.00. The Morgan fingerprint density at radius 3 is 2.68 bits per heavy atom. The Morgan fingerprint density at radius 1 is 1.32 bits per heavy atom. The number of fused-ring (bicyclic) bond motifs is 4. The lowest BCUT2D eigenvalue weighted by atomic mass is 9.73. The van der Waals surface area contributed by atoms with Crippen LogP contribution in [0.1, 0.15) is 33.6 Å². The van der Waals surface area contributed by atoms with Crippen LogP contribution in [0, 0.1) is 5.41 Å². The molecule has 3 fully saturated rings. The molecule has 0 aromatic carbocycles. The number of carbonyl (C=O) groups is 2. The van der Waals surface area contributed by atoms with Gasteiger partial charge < -0.3 is 18.9 Å². The first-order valence-corrected chi connectivity index (χ1v) is 6.62. The molecule has 2 bridgehead atoms. The summed E-state index contributed by atoms with van der Waals surface area (Å²) in [6, 6.07) is 0. The van der Waals surface area contributed by atoms with E-state index in [-0.39, 0.29) is 25.2 Å². The summed E-state index contributed by atoms with van der Waals surface area (Å²) in [7, 11) is 0. The van der Waals surface area contributed by atoms with Gasteiger partial charge >= 0.3 is 11.9 Å². The lowest BCUT2D eigenvalue weighted by Crippen LogP contribution is -2.47. The Labute approximate surface area is 111 Å². The van der Waals surface area contributed by atoms with E-state index in [2.05, 4.69) is 0 Å². The predicted molar refractivity (Wildman–Crippen MR) is 62.0 cm³/mol. The van der Waals surface area contributed by atoms with Crippen LogP contribution in [0.15, 0.2) is 0 Å². The molecular weight excluding hydrogens is 252 g/mol. The number of ether oxygens (including phenoxy) is 4. The molecule has 0 N–H and O–H groups in total. The summed E-state index contributed by atoms with van der Waals surface area (Å²) in [6.45, 7) is 5.60. The third-order valence-corrected chi connectivity index (χ3v) is 4.00. The van der Waals surface area contributed by atoms with Crippen LogP contribution < -0.4 is 0 Å². The Morgan fingerprint density at radius 2 is 2.00 bits per heavy atom. The van der Waals surface area contributed by atoms with Crippen molar-refractivity contribution in [3.05, 3.63) is 0 Å². The number of hydrogen-bond acceptors (Lipinski definition) is 6. The van der Waals surface area contributed by atoms with E-state index >= 15 is 0 Å². The van der Waals surface area contributed by atoms with Crippen molar-refractivity contribution >= 4 is 11.9 Å². The standard InChI is InChI=1S/C13H18O6/c1-4-16-10(14)13-5-7(17-11(13)15)9-8(6-13)18-12(2,3)19-9/h7-9H,4-6H2,1-3H3/t7-,8-,9+,13+/m1/s1. The summed E-state index contributed by atoms with van der Waals surface area (Å²) in [4.78, 5) is 24.2. The monoisotopic (exact) mass is 270 g/mol. The van der Waals surface area contributed by atoms with Gasteiger partial charge in [-0.15, -0.1) is 0 Å². The summed E-state index contributed by atoms with van der Waals surface area (Å²) in [5, 5.41) is 0. The van der Waals surface area contributed by atoms with Gasteiger partial charge in [0.1, 0.15) is 12.2 Å². The fourth-order valence-corrected chi connectivity index (χ4v) is 3.27. The molecular formula is C13H18O6. The maximum absolute atomic E-state index is 12.1. The minimum absolute atomic E-state index is 0.246. The molecule has 0 amide bonds. The molecule has 4 atom stereocenters. The summed E-state index contributed by atoms with van der Waals surface area (Å²) in [5.74, 6) is -1.72. The molecule has 0 spiro atoms. The van der Waals surface area contributed by atoms with E-state index in [0.29, 0.717) is 6.42 Å². The highest BCUT2D eigenvalue weighted by molar-refractivity contribution is 6.01. The van der Waals surface area contributed by atoms with E-state index in [1.807, 2.05) is 13.8 Å². The van der Waals surface area contributed by atoms with Crippen molar-refractivity contribution in [2.24, 2.45) is 5.41 Å². The SMILES string of the molecule is CCOC(=O)[C@@]12C[C@@H](OC1=O)[C@@H]1OC(C)(C)O[C@@H]1C2. The molecule has 3 rings (SSSR count). The number of carbonyl (C=O) groups excluding carboxylic acids is 2. The highest BCUT2D eigenvalue weighted by Crippen LogP contribution is 2.51. The molecule has 106 valence electrons. The van der Waals surface area contributed by atoms with Gasteiger partial charge in [-0.05, 0) is 20.8 Å². The molecule has 2 heterocycles. The number of hydrogen-bond donors (Lipinski definition) is 0. The van der Waals surface area contributed by atoms with Crippen molar-refractivity contribution in [2.45, 2.75) is 57.7 Å². The largest absolute Gasteiger partial charge is 0.465 e. The van der Waals surface area contributed by atoms with E-state index in [1.54, 1.807) is 6.92 Å². The van der Waals surface area contributed by atoms with Crippen LogP contribution >= 0.6 is 0 Å². The number of rotatable bonds is 2. The second-order valence-corrected chi connectivity index (χ2v) is 5.79. The summed E-state index contributed by atoms with van der Waals surface area (Å²) < 4.78 is 21.9. The van der Waals surface area contributed by atoms with Gasteiger partial charge in [0.25, 0.3) is 0 Å². The van der Waals surface area contributed by atoms with E-state index in [9.17, 15) is 9.59 Å². The second kappa shape index (κ2) is 3.93. The molecule has 0 unspecified atom stereocenters. The molecule has 1 saturated carbocycles. The zero-order valence-electron chi connectivity index (χ0n) is 11.3. The molecule has 0 aromatic rings. The highest BCUT2D eigenvalue weighted by Gasteiger charge is 2.66. The van der Waals surface area contributed by atoms with Crippen molar-refractivity contribution in [3.8, 4) is 0 Å². The Hall–Kier alpha value is -1.14. The zero-order chi connectivity index (χ0) is 13.8. The first-order chi connectivity index (χ1) is 8.88. The topological polar surface area (TPSA) is 71.1 Å². The van der Waals surface area contributed by atoms with Crippen LogP contribution in [0.4, 0.5) is 0 Å². The van der Waals surface area contributed by atoms with Crippen LogP contribution in [0.2, 0.25) is 0 Å². The van der Waals surface area contributed by atoms with Crippen LogP contribution in [-0.2, 0) is 28.5 Å².